The number of aliphatic carboxylic acids is 1. The van der Waals surface area contributed by atoms with Gasteiger partial charge in [-0.05, 0) is 44.6 Å². The largest absolute Gasteiger partial charge is 0.481 e. The Morgan fingerprint density at radius 2 is 2.05 bits per heavy atom. The van der Waals surface area contributed by atoms with Gasteiger partial charge in [0.05, 0.1) is 5.41 Å². The topological polar surface area (TPSA) is 40.5 Å². The Kier molecular flexibility index (Phi) is 5.48. The fourth-order valence-electron chi connectivity index (χ4n) is 4.36. The first-order valence-corrected chi connectivity index (χ1v) is 8.55. The van der Waals surface area contributed by atoms with Crippen LogP contribution in [0.5, 0.6) is 0 Å². The summed E-state index contributed by atoms with van der Waals surface area (Å²) in [5.41, 5.74) is -0.477. The van der Waals surface area contributed by atoms with E-state index in [2.05, 4.69) is 18.7 Å². The van der Waals surface area contributed by atoms with Crippen LogP contribution in [0, 0.1) is 11.3 Å². The highest BCUT2D eigenvalue weighted by Crippen LogP contribution is 2.41. The summed E-state index contributed by atoms with van der Waals surface area (Å²) in [5, 5.41) is 9.84. The first-order valence-electron chi connectivity index (χ1n) is 8.55. The number of likely N-dealkylation sites (tertiary alicyclic amines) is 1. The van der Waals surface area contributed by atoms with E-state index in [1.54, 1.807) is 0 Å². The van der Waals surface area contributed by atoms with Gasteiger partial charge in [-0.2, -0.15) is 0 Å². The second-order valence-corrected chi connectivity index (χ2v) is 7.17. The molecule has 3 unspecified atom stereocenters. The van der Waals surface area contributed by atoms with E-state index in [0.29, 0.717) is 12.0 Å². The third kappa shape index (κ3) is 3.55. The monoisotopic (exact) mass is 281 g/mol. The van der Waals surface area contributed by atoms with Gasteiger partial charge in [-0.1, -0.05) is 39.5 Å². The van der Waals surface area contributed by atoms with Gasteiger partial charge in [-0.3, -0.25) is 9.69 Å². The van der Waals surface area contributed by atoms with Gasteiger partial charge < -0.3 is 5.11 Å². The maximum Gasteiger partial charge on any atom is 0.310 e. The fourth-order valence-corrected chi connectivity index (χ4v) is 4.36. The van der Waals surface area contributed by atoms with E-state index in [0.717, 1.165) is 38.8 Å². The van der Waals surface area contributed by atoms with E-state index in [1.807, 2.05) is 0 Å². The maximum absolute atomic E-state index is 11.9. The fraction of sp³-hybridized carbons (Fsp3) is 0.941. The molecule has 1 heterocycles. The van der Waals surface area contributed by atoms with Crippen molar-refractivity contribution in [3.8, 4) is 0 Å². The zero-order valence-electron chi connectivity index (χ0n) is 13.2. The number of hydrogen-bond donors (Lipinski definition) is 1. The van der Waals surface area contributed by atoms with Gasteiger partial charge >= 0.3 is 5.97 Å². The highest BCUT2D eigenvalue weighted by atomic mass is 16.4. The van der Waals surface area contributed by atoms with Crippen LogP contribution in [-0.4, -0.2) is 35.1 Å². The zero-order chi connectivity index (χ0) is 14.6. The van der Waals surface area contributed by atoms with Crippen LogP contribution in [-0.2, 0) is 4.79 Å². The van der Waals surface area contributed by atoms with Crippen molar-refractivity contribution in [2.24, 2.45) is 11.3 Å². The van der Waals surface area contributed by atoms with Crippen LogP contribution in [0.3, 0.4) is 0 Å². The Bertz CT molecular complexity index is 331. The number of rotatable bonds is 4. The van der Waals surface area contributed by atoms with Crippen LogP contribution in [0.25, 0.3) is 0 Å². The van der Waals surface area contributed by atoms with Crippen LogP contribution < -0.4 is 0 Å². The maximum atomic E-state index is 11.9. The molecule has 0 bridgehead atoms. The van der Waals surface area contributed by atoms with E-state index in [1.165, 1.54) is 32.1 Å². The summed E-state index contributed by atoms with van der Waals surface area (Å²) in [6, 6.07) is 0.603. The molecule has 1 aliphatic heterocycles. The molecule has 1 saturated heterocycles. The number of carboxylic acids is 1. The van der Waals surface area contributed by atoms with Crippen molar-refractivity contribution in [3.05, 3.63) is 0 Å². The third-order valence-corrected chi connectivity index (χ3v) is 5.52. The lowest BCUT2D eigenvalue weighted by molar-refractivity contribution is -0.154. The quantitative estimate of drug-likeness (QED) is 0.849. The second-order valence-electron chi connectivity index (χ2n) is 7.17. The highest BCUT2D eigenvalue weighted by Gasteiger charge is 2.43. The Hall–Kier alpha value is -0.570. The van der Waals surface area contributed by atoms with Crippen molar-refractivity contribution in [2.45, 2.75) is 77.7 Å². The standard InChI is InChI=1S/C17H31NO2/c1-3-15-9-5-4-6-11-18(15)13-17(16(19)20)10-7-8-14(2)12-17/h14-15H,3-13H2,1-2H3,(H,19,20). The van der Waals surface area contributed by atoms with Crippen molar-refractivity contribution in [1.82, 2.24) is 4.90 Å². The van der Waals surface area contributed by atoms with Crippen LogP contribution in [0.2, 0.25) is 0 Å². The zero-order valence-corrected chi connectivity index (χ0v) is 13.2. The molecule has 2 aliphatic rings. The van der Waals surface area contributed by atoms with Crippen LogP contribution >= 0.6 is 0 Å². The summed E-state index contributed by atoms with van der Waals surface area (Å²) in [6.07, 6.45) is 10.3. The van der Waals surface area contributed by atoms with Gasteiger partial charge in [-0.25, -0.2) is 0 Å². The van der Waals surface area contributed by atoms with Crippen LogP contribution in [0.15, 0.2) is 0 Å². The van der Waals surface area contributed by atoms with Gasteiger partial charge in [0.25, 0.3) is 0 Å². The second kappa shape index (κ2) is 6.93. The van der Waals surface area contributed by atoms with Crippen LogP contribution in [0.1, 0.15) is 71.6 Å². The lowest BCUT2D eigenvalue weighted by atomic mass is 9.69. The molecule has 2 fully saturated rings. The van der Waals surface area contributed by atoms with Crippen molar-refractivity contribution in [3.63, 3.8) is 0 Å². The molecule has 3 nitrogen and oxygen atoms in total. The molecule has 0 radical (unpaired) electrons. The molecule has 20 heavy (non-hydrogen) atoms. The number of hydrogen-bond acceptors (Lipinski definition) is 2. The SMILES string of the molecule is CCC1CCCCCN1CC1(C(=O)O)CCCC(C)C1. The van der Waals surface area contributed by atoms with E-state index < -0.39 is 11.4 Å². The van der Waals surface area contributed by atoms with Gasteiger partial charge in [-0.15, -0.1) is 0 Å². The molecule has 0 aromatic heterocycles. The van der Waals surface area contributed by atoms with E-state index >= 15 is 0 Å². The normalized spacial score (nSPS) is 36.5. The molecule has 0 amide bonds. The predicted octanol–water partition coefficient (Wildman–Crippen LogP) is 3.92. The minimum atomic E-state index is -0.553. The number of nitrogens with zero attached hydrogens (tertiary/aromatic N) is 1. The van der Waals surface area contributed by atoms with Gasteiger partial charge in [0.1, 0.15) is 0 Å². The molecule has 0 aromatic carbocycles. The number of carbonyl (C=O) groups is 1. The highest BCUT2D eigenvalue weighted by molar-refractivity contribution is 5.75. The van der Waals surface area contributed by atoms with Crippen LogP contribution in [0.4, 0.5) is 0 Å². The summed E-state index contributed by atoms with van der Waals surface area (Å²) in [7, 11) is 0. The molecular formula is C17H31NO2. The smallest absolute Gasteiger partial charge is 0.310 e. The summed E-state index contributed by atoms with van der Waals surface area (Å²) < 4.78 is 0. The lowest BCUT2D eigenvalue weighted by Crippen LogP contribution is -2.49. The summed E-state index contributed by atoms with van der Waals surface area (Å²) in [5.74, 6) is 0.00931. The Balaban J connectivity index is 2.11. The molecule has 116 valence electrons. The Morgan fingerprint density at radius 1 is 1.25 bits per heavy atom. The molecule has 1 N–H and O–H groups in total. The van der Waals surface area contributed by atoms with E-state index in [9.17, 15) is 9.90 Å². The molecule has 1 saturated carbocycles. The Labute approximate surface area is 123 Å². The average Bonchev–Trinajstić information content (AvgIpc) is 2.63. The summed E-state index contributed by atoms with van der Waals surface area (Å²) in [6.45, 7) is 6.35. The molecule has 3 atom stereocenters. The first kappa shape index (κ1) is 15.8. The van der Waals surface area contributed by atoms with E-state index in [4.69, 9.17) is 0 Å². The van der Waals surface area contributed by atoms with Crippen molar-refractivity contribution in [1.29, 1.82) is 0 Å². The van der Waals surface area contributed by atoms with E-state index in [-0.39, 0.29) is 0 Å². The summed E-state index contributed by atoms with van der Waals surface area (Å²) in [4.78, 5) is 14.5. The Morgan fingerprint density at radius 3 is 2.70 bits per heavy atom. The summed E-state index contributed by atoms with van der Waals surface area (Å²) >= 11 is 0. The van der Waals surface area contributed by atoms with Gasteiger partial charge in [0.15, 0.2) is 0 Å². The lowest BCUT2D eigenvalue weighted by Gasteiger charge is -2.42. The molecule has 1 aliphatic carbocycles. The molecule has 3 heteroatoms. The minimum absolute atomic E-state index is 0.477. The predicted molar refractivity (Wildman–Crippen MR) is 81.8 cm³/mol. The minimum Gasteiger partial charge on any atom is -0.481 e. The third-order valence-electron chi connectivity index (χ3n) is 5.52. The molecule has 2 rings (SSSR count). The van der Waals surface area contributed by atoms with Gasteiger partial charge in [0.2, 0.25) is 0 Å². The first-order chi connectivity index (χ1) is 9.57. The van der Waals surface area contributed by atoms with Crippen molar-refractivity contribution < 1.29 is 9.90 Å². The van der Waals surface area contributed by atoms with Crippen molar-refractivity contribution >= 4 is 5.97 Å². The van der Waals surface area contributed by atoms with Gasteiger partial charge in [0, 0.05) is 12.6 Å². The number of carboxylic acid groups (broad SMARTS) is 1. The van der Waals surface area contributed by atoms with Crippen molar-refractivity contribution in [2.75, 3.05) is 13.1 Å². The average molecular weight is 281 g/mol. The molecule has 0 spiro atoms. The molecular weight excluding hydrogens is 250 g/mol. The molecule has 0 aromatic rings.